The fourth-order valence-corrected chi connectivity index (χ4v) is 2.38. The van der Waals surface area contributed by atoms with Gasteiger partial charge in [-0.2, -0.15) is 0 Å². The zero-order valence-corrected chi connectivity index (χ0v) is 11.5. The van der Waals surface area contributed by atoms with Gasteiger partial charge in [-0.3, -0.25) is 4.79 Å². The molecule has 102 valence electrons. The largest absolute Gasteiger partial charge is 0.383 e. The highest BCUT2D eigenvalue weighted by atomic mass is 32.1. The van der Waals surface area contributed by atoms with Gasteiger partial charge in [0.05, 0.1) is 6.61 Å². The van der Waals surface area contributed by atoms with Crippen LogP contribution in [0.3, 0.4) is 0 Å². The molecule has 0 unspecified atom stereocenters. The highest BCUT2D eigenvalue weighted by molar-refractivity contribution is 7.14. The molecule has 0 atom stereocenters. The molecular weight excluding hydrogens is 264 g/mol. The number of rotatable bonds is 7. The zero-order valence-electron chi connectivity index (χ0n) is 10.7. The molecule has 2 N–H and O–H groups in total. The number of aromatic amines is 1. The van der Waals surface area contributed by atoms with Crippen LogP contribution in [0.2, 0.25) is 0 Å². The van der Waals surface area contributed by atoms with Gasteiger partial charge in [-0.15, -0.1) is 10.2 Å². The number of nitrogens with zero attached hydrogens (tertiary/aromatic N) is 2. The summed E-state index contributed by atoms with van der Waals surface area (Å²) in [5.41, 5.74) is 0.676. The van der Waals surface area contributed by atoms with Crippen LogP contribution in [0.15, 0.2) is 23.1 Å². The molecule has 19 heavy (non-hydrogen) atoms. The summed E-state index contributed by atoms with van der Waals surface area (Å²) in [4.78, 5) is 13.8. The maximum Gasteiger partial charge on any atom is 0.248 e. The molecule has 2 aromatic rings. The summed E-state index contributed by atoms with van der Waals surface area (Å²) >= 11 is 1.51. The van der Waals surface area contributed by atoms with E-state index in [-0.39, 0.29) is 5.56 Å². The predicted octanol–water partition coefficient (Wildman–Crippen LogP) is 0.672. The maximum absolute atomic E-state index is 11.2. The van der Waals surface area contributed by atoms with Crippen LogP contribution in [-0.2, 0) is 11.2 Å². The van der Waals surface area contributed by atoms with Crippen LogP contribution in [0.5, 0.6) is 0 Å². The second-order valence-corrected chi connectivity index (χ2v) is 5.00. The quantitative estimate of drug-likeness (QED) is 0.729. The van der Waals surface area contributed by atoms with Crippen LogP contribution in [0.1, 0.15) is 5.01 Å². The number of H-pyrrole nitrogens is 1. The molecule has 2 aromatic heterocycles. The van der Waals surface area contributed by atoms with Crippen molar-refractivity contribution in [1.29, 1.82) is 0 Å². The van der Waals surface area contributed by atoms with E-state index < -0.39 is 0 Å². The van der Waals surface area contributed by atoms with Crippen LogP contribution < -0.4 is 10.9 Å². The van der Waals surface area contributed by atoms with E-state index in [0.717, 1.165) is 35.1 Å². The molecular formula is C12H16N4O2S. The first kappa shape index (κ1) is 13.9. The molecule has 6 nitrogen and oxygen atoms in total. The van der Waals surface area contributed by atoms with Crippen LogP contribution in [0, 0.1) is 0 Å². The number of nitrogens with one attached hydrogen (secondary N) is 2. The fourth-order valence-electron chi connectivity index (χ4n) is 1.54. The second-order valence-electron chi connectivity index (χ2n) is 3.94. The third kappa shape index (κ3) is 4.23. The summed E-state index contributed by atoms with van der Waals surface area (Å²) in [6.07, 6.45) is 2.44. The van der Waals surface area contributed by atoms with Crippen LogP contribution in [-0.4, -0.2) is 42.0 Å². The summed E-state index contributed by atoms with van der Waals surface area (Å²) in [6, 6.07) is 3.35. The summed E-state index contributed by atoms with van der Waals surface area (Å²) in [7, 11) is 1.68. The van der Waals surface area contributed by atoms with Crippen molar-refractivity contribution in [1.82, 2.24) is 20.5 Å². The Kier molecular flexibility index (Phi) is 5.20. The van der Waals surface area contributed by atoms with E-state index in [1.807, 2.05) is 6.07 Å². The lowest BCUT2D eigenvalue weighted by atomic mass is 10.3. The molecule has 0 spiro atoms. The summed E-state index contributed by atoms with van der Waals surface area (Å²) in [6.45, 7) is 2.37. The van der Waals surface area contributed by atoms with Crippen molar-refractivity contribution in [3.05, 3.63) is 33.7 Å². The standard InChI is InChI=1S/C12H16N4O2S/c1-18-7-6-13-4-3-11-15-16-12(19-11)9-2-5-14-10(17)8-9/h2,5,8,13H,3-4,6-7H2,1H3,(H,14,17). The fraction of sp³-hybridized carbons (Fsp3) is 0.417. The highest BCUT2D eigenvalue weighted by Gasteiger charge is 2.06. The summed E-state index contributed by atoms with van der Waals surface area (Å²) in [5, 5.41) is 13.2. The highest BCUT2D eigenvalue weighted by Crippen LogP contribution is 2.21. The van der Waals surface area contributed by atoms with E-state index in [2.05, 4.69) is 20.5 Å². The molecule has 0 saturated carbocycles. The van der Waals surface area contributed by atoms with Crippen molar-refractivity contribution in [3.8, 4) is 10.6 Å². The summed E-state index contributed by atoms with van der Waals surface area (Å²) < 4.78 is 4.95. The number of ether oxygens (including phenoxy) is 1. The van der Waals surface area contributed by atoms with Crippen molar-refractivity contribution in [2.75, 3.05) is 26.8 Å². The van der Waals surface area contributed by atoms with Gasteiger partial charge < -0.3 is 15.0 Å². The van der Waals surface area contributed by atoms with E-state index >= 15 is 0 Å². The van der Waals surface area contributed by atoms with Crippen molar-refractivity contribution >= 4 is 11.3 Å². The normalized spacial score (nSPS) is 10.8. The Morgan fingerprint density at radius 3 is 3.11 bits per heavy atom. The number of hydrogen-bond acceptors (Lipinski definition) is 6. The lowest BCUT2D eigenvalue weighted by Gasteiger charge is -2.00. The van der Waals surface area contributed by atoms with Gasteiger partial charge in [0.2, 0.25) is 5.56 Å². The van der Waals surface area contributed by atoms with Crippen molar-refractivity contribution < 1.29 is 4.74 Å². The van der Waals surface area contributed by atoms with Gasteiger partial charge in [0.15, 0.2) is 0 Å². The SMILES string of the molecule is COCCNCCc1nnc(-c2cc[nH]c(=O)c2)s1. The number of methoxy groups -OCH3 is 1. The molecule has 0 amide bonds. The predicted molar refractivity (Wildman–Crippen MR) is 74.4 cm³/mol. The minimum absolute atomic E-state index is 0.129. The van der Waals surface area contributed by atoms with Crippen LogP contribution in [0.25, 0.3) is 10.6 Å². The smallest absolute Gasteiger partial charge is 0.248 e. The van der Waals surface area contributed by atoms with Gasteiger partial charge in [-0.25, -0.2) is 0 Å². The summed E-state index contributed by atoms with van der Waals surface area (Å²) in [5.74, 6) is 0. The topological polar surface area (TPSA) is 79.9 Å². The van der Waals surface area contributed by atoms with E-state index in [9.17, 15) is 4.79 Å². The first-order chi connectivity index (χ1) is 9.29. The Hall–Kier alpha value is -1.57. The molecule has 7 heteroatoms. The number of aromatic nitrogens is 3. The molecule has 2 heterocycles. The van der Waals surface area contributed by atoms with Crippen LogP contribution >= 0.6 is 11.3 Å². The lowest BCUT2D eigenvalue weighted by Crippen LogP contribution is -2.21. The molecule has 0 radical (unpaired) electrons. The Labute approximate surface area is 114 Å². The molecule has 0 bridgehead atoms. The third-order valence-corrected chi connectivity index (χ3v) is 3.52. The van der Waals surface area contributed by atoms with E-state index in [1.165, 1.54) is 17.4 Å². The monoisotopic (exact) mass is 280 g/mol. The van der Waals surface area contributed by atoms with Crippen molar-refractivity contribution in [2.24, 2.45) is 0 Å². The van der Waals surface area contributed by atoms with E-state index in [1.54, 1.807) is 13.3 Å². The molecule has 2 rings (SSSR count). The minimum atomic E-state index is -0.129. The van der Waals surface area contributed by atoms with Crippen molar-refractivity contribution in [3.63, 3.8) is 0 Å². The molecule has 0 aliphatic heterocycles. The lowest BCUT2D eigenvalue weighted by molar-refractivity contribution is 0.199. The first-order valence-electron chi connectivity index (χ1n) is 6.01. The maximum atomic E-state index is 11.2. The van der Waals surface area contributed by atoms with Gasteiger partial charge >= 0.3 is 0 Å². The Bertz CT molecular complexity index is 567. The van der Waals surface area contributed by atoms with Gasteiger partial charge in [-0.1, -0.05) is 11.3 Å². The number of hydrogen-bond donors (Lipinski definition) is 2. The average molecular weight is 280 g/mol. The second kappa shape index (κ2) is 7.13. The Morgan fingerprint density at radius 2 is 2.32 bits per heavy atom. The minimum Gasteiger partial charge on any atom is -0.383 e. The molecule has 0 saturated heterocycles. The van der Waals surface area contributed by atoms with Gasteiger partial charge in [0.1, 0.15) is 10.0 Å². The Morgan fingerprint density at radius 1 is 1.42 bits per heavy atom. The van der Waals surface area contributed by atoms with Gasteiger partial charge in [-0.05, 0) is 6.07 Å². The zero-order chi connectivity index (χ0) is 13.5. The van der Waals surface area contributed by atoms with Gasteiger partial charge in [0, 0.05) is 44.4 Å². The molecule has 0 aliphatic rings. The van der Waals surface area contributed by atoms with Crippen LogP contribution in [0.4, 0.5) is 0 Å². The Balaban J connectivity index is 1.90. The average Bonchev–Trinajstić information content (AvgIpc) is 2.87. The molecule has 0 aromatic carbocycles. The molecule has 0 aliphatic carbocycles. The number of pyridine rings is 1. The first-order valence-corrected chi connectivity index (χ1v) is 6.82. The van der Waals surface area contributed by atoms with E-state index in [4.69, 9.17) is 4.74 Å². The van der Waals surface area contributed by atoms with Gasteiger partial charge in [0.25, 0.3) is 0 Å². The molecule has 0 fully saturated rings. The van der Waals surface area contributed by atoms with Crippen molar-refractivity contribution in [2.45, 2.75) is 6.42 Å². The third-order valence-electron chi connectivity index (χ3n) is 2.49. The van der Waals surface area contributed by atoms with E-state index in [0.29, 0.717) is 6.61 Å².